The zero-order valence-corrected chi connectivity index (χ0v) is 17.1. The van der Waals surface area contributed by atoms with Crippen LogP contribution in [-0.4, -0.2) is 22.9 Å². The van der Waals surface area contributed by atoms with Gasteiger partial charge in [-0.05, 0) is 35.7 Å². The molecule has 0 bridgehead atoms. The van der Waals surface area contributed by atoms with Crippen molar-refractivity contribution in [1.82, 2.24) is 0 Å². The lowest BCUT2D eigenvalue weighted by Crippen LogP contribution is -2.37. The zero-order chi connectivity index (χ0) is 19.7. The normalized spacial score (nSPS) is 15.4. The van der Waals surface area contributed by atoms with Crippen molar-refractivity contribution in [2.24, 2.45) is 5.73 Å². The van der Waals surface area contributed by atoms with Gasteiger partial charge in [0.05, 0.1) is 4.75 Å². The summed E-state index contributed by atoms with van der Waals surface area (Å²) in [5.41, 5.74) is 10.6. The van der Waals surface area contributed by atoms with Gasteiger partial charge in [0.25, 0.3) is 0 Å². The van der Waals surface area contributed by atoms with E-state index in [-0.39, 0.29) is 0 Å². The van der Waals surface area contributed by atoms with Gasteiger partial charge in [0.1, 0.15) is 6.04 Å². The lowest BCUT2D eigenvalue weighted by Gasteiger charge is -2.41. The number of hydrogen-bond acceptors (Lipinski definition) is 4. The van der Waals surface area contributed by atoms with E-state index >= 15 is 0 Å². The highest BCUT2D eigenvalue weighted by atomic mass is 32.2. The molecular weight excluding hydrogens is 386 g/mol. The average molecular weight is 408 g/mol. The molecule has 0 spiro atoms. The summed E-state index contributed by atoms with van der Waals surface area (Å²) in [7, 11) is 0. The molecule has 1 atom stereocenters. The molecule has 1 unspecified atom stereocenters. The molecule has 3 aromatic carbocycles. The molecule has 0 fully saturated rings. The minimum absolute atomic E-state index is 0.316. The topological polar surface area (TPSA) is 63.3 Å². The maximum atomic E-state index is 11.4. The third kappa shape index (κ3) is 3.24. The number of aliphatic carboxylic acids is 1. The molecule has 1 aliphatic rings. The monoisotopic (exact) mass is 407 g/mol. The first-order chi connectivity index (χ1) is 13.5. The second kappa shape index (κ2) is 7.66. The Hall–Kier alpha value is -2.21. The number of thioether (sulfide) groups is 1. The summed E-state index contributed by atoms with van der Waals surface area (Å²) in [6.07, 6.45) is 0. The molecule has 1 aliphatic heterocycles. The SMILES string of the molecule is Cc1ccc(C2(SCC(N)C(=O)O)c3ccccc3Sc3ccccc32)cc1. The summed E-state index contributed by atoms with van der Waals surface area (Å²) in [4.78, 5) is 13.8. The van der Waals surface area contributed by atoms with Gasteiger partial charge in [-0.2, -0.15) is 0 Å². The molecule has 0 aliphatic carbocycles. The fraction of sp³-hybridized carbons (Fsp3) is 0.174. The fourth-order valence-corrected chi connectivity index (χ4v) is 6.44. The third-order valence-corrected chi connectivity index (χ3v) is 7.79. The fourth-order valence-electron chi connectivity index (χ4n) is 3.58. The van der Waals surface area contributed by atoms with Crippen molar-refractivity contribution in [1.29, 1.82) is 0 Å². The summed E-state index contributed by atoms with van der Waals surface area (Å²) in [6.45, 7) is 2.07. The number of carboxylic acids is 1. The molecule has 0 aromatic heterocycles. The maximum absolute atomic E-state index is 11.4. The second-order valence-corrected chi connectivity index (χ2v) is 9.22. The van der Waals surface area contributed by atoms with Crippen molar-refractivity contribution in [2.45, 2.75) is 27.5 Å². The van der Waals surface area contributed by atoms with Crippen molar-refractivity contribution in [3.63, 3.8) is 0 Å². The highest BCUT2D eigenvalue weighted by Gasteiger charge is 2.43. The molecule has 3 N–H and O–H groups in total. The summed E-state index contributed by atoms with van der Waals surface area (Å²) < 4.78 is -0.501. The van der Waals surface area contributed by atoms with Crippen molar-refractivity contribution in [3.8, 4) is 0 Å². The Labute approximate surface area is 173 Å². The molecular formula is C23H21NO2S2. The number of rotatable bonds is 5. The minimum atomic E-state index is -0.974. The highest BCUT2D eigenvalue weighted by molar-refractivity contribution is 8.01. The van der Waals surface area contributed by atoms with Gasteiger partial charge in [-0.15, -0.1) is 11.8 Å². The van der Waals surface area contributed by atoms with Gasteiger partial charge < -0.3 is 10.8 Å². The Morgan fingerprint density at radius 2 is 1.54 bits per heavy atom. The largest absolute Gasteiger partial charge is 0.480 e. The summed E-state index contributed by atoms with van der Waals surface area (Å²) in [5.74, 6) is -0.658. The first kappa shape index (κ1) is 19.1. The number of benzene rings is 3. The molecule has 0 saturated carbocycles. The zero-order valence-electron chi connectivity index (χ0n) is 15.5. The van der Waals surface area contributed by atoms with E-state index in [4.69, 9.17) is 5.73 Å². The van der Waals surface area contributed by atoms with E-state index in [1.165, 1.54) is 26.5 Å². The van der Waals surface area contributed by atoms with Crippen LogP contribution in [0.5, 0.6) is 0 Å². The maximum Gasteiger partial charge on any atom is 0.321 e. The number of fused-ring (bicyclic) bond motifs is 2. The van der Waals surface area contributed by atoms with Gasteiger partial charge >= 0.3 is 5.97 Å². The highest BCUT2D eigenvalue weighted by Crippen LogP contribution is 2.57. The molecule has 142 valence electrons. The van der Waals surface area contributed by atoms with Crippen LogP contribution in [0.3, 0.4) is 0 Å². The van der Waals surface area contributed by atoms with E-state index < -0.39 is 16.8 Å². The van der Waals surface area contributed by atoms with Gasteiger partial charge in [-0.25, -0.2) is 0 Å². The van der Waals surface area contributed by atoms with E-state index in [0.717, 1.165) is 5.56 Å². The number of carbonyl (C=O) groups is 1. The average Bonchev–Trinajstić information content (AvgIpc) is 2.71. The predicted molar refractivity (Wildman–Crippen MR) is 116 cm³/mol. The first-order valence-corrected chi connectivity index (χ1v) is 10.9. The Morgan fingerprint density at radius 1 is 1.00 bits per heavy atom. The minimum Gasteiger partial charge on any atom is -0.480 e. The molecule has 3 aromatic rings. The standard InChI is InChI=1S/C23H21NO2S2/c1-15-10-12-16(13-11-15)23(27-14-19(24)22(25)26)17-6-2-4-8-20(17)28-21-9-5-3-7-18(21)23/h2-13,19H,14,24H2,1H3,(H,25,26). The Kier molecular flexibility index (Phi) is 5.23. The lowest BCUT2D eigenvalue weighted by molar-refractivity contribution is -0.137. The van der Waals surface area contributed by atoms with Crippen LogP contribution >= 0.6 is 23.5 Å². The summed E-state index contributed by atoms with van der Waals surface area (Å²) in [6, 6.07) is 24.4. The molecule has 3 nitrogen and oxygen atoms in total. The Bertz CT molecular complexity index is 972. The molecule has 5 heteroatoms. The second-order valence-electron chi connectivity index (χ2n) is 6.90. The van der Waals surface area contributed by atoms with Gasteiger partial charge in [0, 0.05) is 15.5 Å². The van der Waals surface area contributed by atoms with E-state index in [1.54, 1.807) is 23.5 Å². The molecule has 4 rings (SSSR count). The summed E-state index contributed by atoms with van der Waals surface area (Å²) in [5, 5.41) is 9.35. The van der Waals surface area contributed by atoms with Crippen molar-refractivity contribution < 1.29 is 9.90 Å². The van der Waals surface area contributed by atoms with Crippen LogP contribution in [0.1, 0.15) is 22.3 Å². The van der Waals surface area contributed by atoms with E-state index in [2.05, 4.69) is 55.5 Å². The van der Waals surface area contributed by atoms with Crippen LogP contribution in [-0.2, 0) is 9.54 Å². The van der Waals surface area contributed by atoms with E-state index in [1.807, 2.05) is 24.3 Å². The van der Waals surface area contributed by atoms with Gasteiger partial charge in [0.2, 0.25) is 0 Å². The smallest absolute Gasteiger partial charge is 0.321 e. The van der Waals surface area contributed by atoms with Crippen LogP contribution in [0.25, 0.3) is 0 Å². The van der Waals surface area contributed by atoms with E-state index in [9.17, 15) is 9.90 Å². The van der Waals surface area contributed by atoms with E-state index in [0.29, 0.717) is 5.75 Å². The summed E-state index contributed by atoms with van der Waals surface area (Å²) >= 11 is 3.37. The number of aryl methyl sites for hydroxylation is 1. The Morgan fingerprint density at radius 3 is 2.07 bits per heavy atom. The van der Waals surface area contributed by atoms with Crippen LogP contribution in [0, 0.1) is 6.92 Å². The van der Waals surface area contributed by atoms with Crippen molar-refractivity contribution in [3.05, 3.63) is 95.1 Å². The molecule has 0 saturated heterocycles. The molecule has 0 radical (unpaired) electrons. The molecule has 1 heterocycles. The molecule has 28 heavy (non-hydrogen) atoms. The number of hydrogen-bond donors (Lipinski definition) is 2. The van der Waals surface area contributed by atoms with Crippen LogP contribution in [0.4, 0.5) is 0 Å². The van der Waals surface area contributed by atoms with Gasteiger partial charge in [-0.3, -0.25) is 4.79 Å². The first-order valence-electron chi connectivity index (χ1n) is 9.09. The lowest BCUT2D eigenvalue weighted by atomic mass is 9.83. The predicted octanol–water partition coefficient (Wildman–Crippen LogP) is 4.90. The van der Waals surface area contributed by atoms with Gasteiger partial charge in [-0.1, -0.05) is 78.0 Å². The van der Waals surface area contributed by atoms with Crippen molar-refractivity contribution in [2.75, 3.05) is 5.75 Å². The van der Waals surface area contributed by atoms with Crippen LogP contribution in [0.2, 0.25) is 0 Å². The number of nitrogens with two attached hydrogens (primary N) is 1. The van der Waals surface area contributed by atoms with Crippen LogP contribution < -0.4 is 5.73 Å². The van der Waals surface area contributed by atoms with Crippen LogP contribution in [0.15, 0.2) is 82.6 Å². The Balaban J connectivity index is 1.97. The van der Waals surface area contributed by atoms with Gasteiger partial charge in [0.15, 0.2) is 0 Å². The number of carboxylic acid groups (broad SMARTS) is 1. The molecule has 0 amide bonds. The third-order valence-electron chi connectivity index (χ3n) is 5.01. The quantitative estimate of drug-likeness (QED) is 0.630. The van der Waals surface area contributed by atoms with Crippen molar-refractivity contribution >= 4 is 29.5 Å².